The smallest absolute Gasteiger partial charge is 0.229 e. The number of hydrogen-bond donors (Lipinski definition) is 2. The predicted molar refractivity (Wildman–Crippen MR) is 95.2 cm³/mol. The van der Waals surface area contributed by atoms with Gasteiger partial charge in [-0.2, -0.15) is 0 Å². The summed E-state index contributed by atoms with van der Waals surface area (Å²) in [4.78, 5) is 29.2. The number of nitrogens with zero attached hydrogens (tertiary/aromatic N) is 1. The Labute approximate surface area is 145 Å². The molecule has 0 aliphatic heterocycles. The molecule has 1 aromatic carbocycles. The third kappa shape index (κ3) is 4.64. The van der Waals surface area contributed by atoms with Gasteiger partial charge in [-0.1, -0.05) is 12.1 Å². The minimum absolute atomic E-state index is 0.0547. The highest BCUT2D eigenvalue weighted by Crippen LogP contribution is 2.20. The van der Waals surface area contributed by atoms with Gasteiger partial charge >= 0.3 is 0 Å². The zero-order valence-corrected chi connectivity index (χ0v) is 14.7. The van der Waals surface area contributed by atoms with Gasteiger partial charge in [0.1, 0.15) is 0 Å². The summed E-state index contributed by atoms with van der Waals surface area (Å²) in [6.07, 6.45) is 2.90. The first-order valence-electron chi connectivity index (χ1n) is 8.10. The van der Waals surface area contributed by atoms with Crippen LogP contribution in [0.25, 0.3) is 0 Å². The summed E-state index contributed by atoms with van der Waals surface area (Å²) in [5.41, 5.74) is 2.61. The van der Waals surface area contributed by atoms with Crippen LogP contribution in [0.4, 0.5) is 5.69 Å². The van der Waals surface area contributed by atoms with Crippen molar-refractivity contribution in [3.05, 3.63) is 45.4 Å². The van der Waals surface area contributed by atoms with E-state index in [2.05, 4.69) is 15.6 Å². The summed E-state index contributed by atoms with van der Waals surface area (Å²) in [6.45, 7) is 3.87. The molecular weight excluding hydrogens is 322 g/mol. The van der Waals surface area contributed by atoms with Crippen LogP contribution in [0, 0.1) is 13.8 Å². The number of aryl methyl sites for hydroxylation is 2. The van der Waals surface area contributed by atoms with E-state index >= 15 is 0 Å². The Morgan fingerprint density at radius 1 is 1.12 bits per heavy atom. The number of hydrogen-bond acceptors (Lipinski definition) is 4. The lowest BCUT2D eigenvalue weighted by atomic mass is 10.1. The summed E-state index contributed by atoms with van der Waals surface area (Å²) in [5.74, 6) is 0.00584. The van der Waals surface area contributed by atoms with Crippen molar-refractivity contribution in [3.8, 4) is 0 Å². The second-order valence-corrected chi connectivity index (χ2v) is 7.47. The molecule has 2 aromatic rings. The van der Waals surface area contributed by atoms with Gasteiger partial charge in [-0.3, -0.25) is 9.59 Å². The van der Waals surface area contributed by atoms with Crippen LogP contribution >= 0.6 is 11.3 Å². The molecule has 126 valence electrons. The van der Waals surface area contributed by atoms with Crippen molar-refractivity contribution in [2.24, 2.45) is 0 Å². The first-order chi connectivity index (χ1) is 11.5. The molecule has 1 aliphatic carbocycles. The number of anilines is 1. The number of aromatic nitrogens is 1. The monoisotopic (exact) mass is 343 g/mol. The molecule has 5 nitrogen and oxygen atoms in total. The average Bonchev–Trinajstić information content (AvgIpc) is 3.26. The molecule has 0 spiro atoms. The van der Waals surface area contributed by atoms with Crippen molar-refractivity contribution in [1.29, 1.82) is 0 Å². The van der Waals surface area contributed by atoms with E-state index in [1.165, 1.54) is 0 Å². The number of carbonyl (C=O) groups is 2. The molecule has 0 unspecified atom stereocenters. The van der Waals surface area contributed by atoms with Crippen LogP contribution < -0.4 is 10.6 Å². The van der Waals surface area contributed by atoms with Crippen LogP contribution in [0.1, 0.15) is 34.0 Å². The zero-order chi connectivity index (χ0) is 17.1. The molecule has 0 bridgehead atoms. The van der Waals surface area contributed by atoms with Gasteiger partial charge in [0.25, 0.3) is 0 Å². The van der Waals surface area contributed by atoms with Crippen LogP contribution in [-0.2, 0) is 22.4 Å². The SMILES string of the molecule is Cc1nc(C)c(CC(=O)Nc2ccc(CC(=O)NC3CC3)cc2)s1. The summed E-state index contributed by atoms with van der Waals surface area (Å²) in [6, 6.07) is 7.81. The third-order valence-electron chi connectivity index (χ3n) is 3.87. The molecule has 24 heavy (non-hydrogen) atoms. The lowest BCUT2D eigenvalue weighted by Gasteiger charge is -2.07. The van der Waals surface area contributed by atoms with Gasteiger partial charge in [0, 0.05) is 16.6 Å². The molecule has 1 aromatic heterocycles. The minimum Gasteiger partial charge on any atom is -0.353 e. The Balaban J connectivity index is 1.52. The topological polar surface area (TPSA) is 71.1 Å². The van der Waals surface area contributed by atoms with E-state index in [-0.39, 0.29) is 11.8 Å². The fourth-order valence-electron chi connectivity index (χ4n) is 2.49. The lowest BCUT2D eigenvalue weighted by Crippen LogP contribution is -2.26. The Morgan fingerprint density at radius 2 is 1.83 bits per heavy atom. The molecule has 2 N–H and O–H groups in total. The van der Waals surface area contributed by atoms with Gasteiger partial charge < -0.3 is 10.6 Å². The van der Waals surface area contributed by atoms with E-state index in [4.69, 9.17) is 0 Å². The molecule has 0 saturated heterocycles. The van der Waals surface area contributed by atoms with Crippen molar-refractivity contribution in [2.45, 2.75) is 45.6 Å². The van der Waals surface area contributed by atoms with Crippen molar-refractivity contribution >= 4 is 28.8 Å². The second kappa shape index (κ2) is 7.13. The van der Waals surface area contributed by atoms with Crippen molar-refractivity contribution in [3.63, 3.8) is 0 Å². The number of rotatable bonds is 6. The predicted octanol–water partition coefficient (Wildman–Crippen LogP) is 2.76. The van der Waals surface area contributed by atoms with E-state index in [0.717, 1.165) is 39.7 Å². The van der Waals surface area contributed by atoms with Gasteiger partial charge in [-0.15, -0.1) is 11.3 Å². The molecule has 6 heteroatoms. The maximum atomic E-state index is 12.1. The minimum atomic E-state index is -0.0547. The van der Waals surface area contributed by atoms with Gasteiger partial charge in [0.15, 0.2) is 0 Å². The highest BCUT2D eigenvalue weighted by Gasteiger charge is 2.23. The maximum Gasteiger partial charge on any atom is 0.229 e. The number of nitrogens with one attached hydrogen (secondary N) is 2. The molecule has 1 aliphatic rings. The van der Waals surface area contributed by atoms with Crippen LogP contribution in [0.15, 0.2) is 24.3 Å². The van der Waals surface area contributed by atoms with Crippen LogP contribution in [0.5, 0.6) is 0 Å². The van der Waals surface area contributed by atoms with Crippen molar-refractivity contribution < 1.29 is 9.59 Å². The van der Waals surface area contributed by atoms with Gasteiger partial charge in [0.05, 0.1) is 23.5 Å². The lowest BCUT2D eigenvalue weighted by molar-refractivity contribution is -0.120. The fraction of sp³-hybridized carbons (Fsp3) is 0.389. The maximum absolute atomic E-state index is 12.1. The molecule has 0 radical (unpaired) electrons. The van der Waals surface area contributed by atoms with Gasteiger partial charge in [-0.25, -0.2) is 4.98 Å². The molecular formula is C18H21N3O2S. The zero-order valence-electron chi connectivity index (χ0n) is 13.9. The Hall–Kier alpha value is -2.21. The Morgan fingerprint density at radius 3 is 2.42 bits per heavy atom. The highest BCUT2D eigenvalue weighted by molar-refractivity contribution is 7.11. The normalized spacial score (nSPS) is 13.6. The largest absolute Gasteiger partial charge is 0.353 e. The van der Waals surface area contributed by atoms with Gasteiger partial charge in [-0.05, 0) is 44.4 Å². The van der Waals surface area contributed by atoms with Crippen LogP contribution in [0.2, 0.25) is 0 Å². The Bertz CT molecular complexity index is 748. The molecule has 0 atom stereocenters. The third-order valence-corrected chi connectivity index (χ3v) is 4.94. The fourth-order valence-corrected chi connectivity index (χ4v) is 3.42. The molecule has 1 heterocycles. The van der Waals surface area contributed by atoms with E-state index in [0.29, 0.717) is 18.9 Å². The summed E-state index contributed by atoms with van der Waals surface area (Å²) in [5, 5.41) is 6.84. The molecule has 2 amide bonds. The van der Waals surface area contributed by atoms with E-state index in [1.54, 1.807) is 11.3 Å². The summed E-state index contributed by atoms with van der Waals surface area (Å²) >= 11 is 1.56. The summed E-state index contributed by atoms with van der Waals surface area (Å²) in [7, 11) is 0. The van der Waals surface area contributed by atoms with E-state index < -0.39 is 0 Å². The number of carbonyl (C=O) groups excluding carboxylic acids is 2. The van der Waals surface area contributed by atoms with Crippen molar-refractivity contribution in [2.75, 3.05) is 5.32 Å². The van der Waals surface area contributed by atoms with E-state index in [1.807, 2.05) is 38.1 Å². The number of amides is 2. The molecule has 1 fully saturated rings. The highest BCUT2D eigenvalue weighted by atomic mass is 32.1. The van der Waals surface area contributed by atoms with Crippen LogP contribution in [-0.4, -0.2) is 22.8 Å². The number of benzene rings is 1. The van der Waals surface area contributed by atoms with Crippen molar-refractivity contribution in [1.82, 2.24) is 10.3 Å². The number of thiazole rings is 1. The first kappa shape index (κ1) is 16.6. The van der Waals surface area contributed by atoms with E-state index in [9.17, 15) is 9.59 Å². The second-order valence-electron chi connectivity index (χ2n) is 6.18. The first-order valence-corrected chi connectivity index (χ1v) is 8.92. The summed E-state index contributed by atoms with van der Waals surface area (Å²) < 4.78 is 0. The Kier molecular flexibility index (Phi) is 4.94. The quantitative estimate of drug-likeness (QED) is 0.847. The van der Waals surface area contributed by atoms with Crippen LogP contribution in [0.3, 0.4) is 0 Å². The average molecular weight is 343 g/mol. The molecule has 1 saturated carbocycles. The standard InChI is InChI=1S/C18H21N3O2S/c1-11-16(24-12(2)19-11)10-18(23)21-14-5-3-13(4-6-14)9-17(22)20-15-7-8-15/h3-6,15H,7-10H2,1-2H3,(H,20,22)(H,21,23). The molecule has 3 rings (SSSR count). The van der Waals surface area contributed by atoms with Gasteiger partial charge in [0.2, 0.25) is 11.8 Å².